The Hall–Kier alpha value is -3.07. The Kier molecular flexibility index (Phi) is 10.8. The number of hydrogen-bond acceptors (Lipinski definition) is 5. The van der Waals surface area contributed by atoms with Gasteiger partial charge >= 0.3 is 0 Å². The van der Waals surface area contributed by atoms with Crippen LogP contribution in [0.1, 0.15) is 51.7 Å². The summed E-state index contributed by atoms with van der Waals surface area (Å²) in [4.78, 5) is 27.7. The smallest absolute Gasteiger partial charge is 0.242 e. The van der Waals surface area contributed by atoms with Gasteiger partial charge in [0.15, 0.2) is 0 Å². The molecule has 0 aliphatic carbocycles. The van der Waals surface area contributed by atoms with Crippen LogP contribution in [0.5, 0.6) is 5.75 Å². The summed E-state index contributed by atoms with van der Waals surface area (Å²) in [5.41, 5.74) is 2.50. The lowest BCUT2D eigenvalue weighted by molar-refractivity contribution is -0.140. The number of amides is 2. The molecule has 0 aliphatic rings. The van der Waals surface area contributed by atoms with E-state index < -0.39 is 16.1 Å². The summed E-state index contributed by atoms with van der Waals surface area (Å²) in [5, 5.41) is 2.88. The maximum atomic E-state index is 13.3. The van der Waals surface area contributed by atoms with Gasteiger partial charge in [-0.25, -0.2) is 8.42 Å². The Morgan fingerprint density at radius 3 is 2.22 bits per heavy atom. The van der Waals surface area contributed by atoms with Gasteiger partial charge < -0.3 is 15.0 Å². The maximum absolute atomic E-state index is 13.3. The number of nitrogens with zero attached hydrogens (tertiary/aromatic N) is 2. The minimum atomic E-state index is -3.56. The van der Waals surface area contributed by atoms with Crippen LogP contribution in [0.4, 0.5) is 5.69 Å². The van der Waals surface area contributed by atoms with Crippen LogP contribution in [0.15, 0.2) is 48.5 Å². The van der Waals surface area contributed by atoms with Crippen molar-refractivity contribution in [1.29, 1.82) is 0 Å². The van der Waals surface area contributed by atoms with Gasteiger partial charge in [0.1, 0.15) is 11.8 Å². The molecule has 2 rings (SSSR count). The number of carbonyl (C=O) groups excluding carboxylic acids is 2. The minimum absolute atomic E-state index is 0.0483. The van der Waals surface area contributed by atoms with Gasteiger partial charge in [0.25, 0.3) is 0 Å². The van der Waals surface area contributed by atoms with Crippen LogP contribution in [0.2, 0.25) is 0 Å². The van der Waals surface area contributed by atoms with E-state index in [2.05, 4.69) is 5.32 Å². The lowest BCUT2D eigenvalue weighted by Gasteiger charge is -2.30. The van der Waals surface area contributed by atoms with Crippen LogP contribution in [0.25, 0.3) is 0 Å². The highest BCUT2D eigenvalue weighted by atomic mass is 32.2. The highest BCUT2D eigenvalue weighted by molar-refractivity contribution is 7.92. The SMILES string of the molecule is CCOc1ccc(N(CCCC(=O)N(Cc2ccccc2C)[C@@H](C)C(=O)NC(C)C)S(C)(=O)=O)cc1. The van der Waals surface area contributed by atoms with E-state index in [1.54, 1.807) is 36.1 Å². The molecule has 0 heterocycles. The van der Waals surface area contributed by atoms with E-state index in [-0.39, 0.29) is 30.8 Å². The summed E-state index contributed by atoms with van der Waals surface area (Å²) < 4.78 is 31.7. The Labute approximate surface area is 215 Å². The third-order valence-electron chi connectivity index (χ3n) is 5.79. The van der Waals surface area contributed by atoms with Crippen molar-refractivity contribution < 1.29 is 22.7 Å². The Morgan fingerprint density at radius 2 is 1.67 bits per heavy atom. The fraction of sp³-hybridized carbons (Fsp3) is 0.481. The molecule has 1 atom stereocenters. The van der Waals surface area contributed by atoms with Gasteiger partial charge in [-0.1, -0.05) is 24.3 Å². The van der Waals surface area contributed by atoms with Crippen molar-refractivity contribution in [3.05, 3.63) is 59.7 Å². The molecule has 0 saturated heterocycles. The number of carbonyl (C=O) groups is 2. The first-order valence-electron chi connectivity index (χ1n) is 12.3. The van der Waals surface area contributed by atoms with Gasteiger partial charge in [0.05, 0.1) is 18.6 Å². The summed E-state index contributed by atoms with van der Waals surface area (Å²) in [6.45, 7) is 10.3. The minimum Gasteiger partial charge on any atom is -0.494 e. The molecule has 0 aliphatic heterocycles. The molecule has 36 heavy (non-hydrogen) atoms. The summed E-state index contributed by atoms with van der Waals surface area (Å²) in [6, 6.07) is 13.9. The van der Waals surface area contributed by atoms with Gasteiger partial charge in [-0.05, 0) is 76.4 Å². The molecule has 0 radical (unpaired) electrons. The van der Waals surface area contributed by atoms with E-state index in [4.69, 9.17) is 4.74 Å². The molecule has 0 saturated carbocycles. The van der Waals surface area contributed by atoms with E-state index in [0.717, 1.165) is 17.4 Å². The summed E-state index contributed by atoms with van der Waals surface area (Å²) >= 11 is 0. The van der Waals surface area contributed by atoms with Gasteiger partial charge in [-0.2, -0.15) is 0 Å². The highest BCUT2D eigenvalue weighted by Gasteiger charge is 2.27. The first-order valence-corrected chi connectivity index (χ1v) is 14.1. The second-order valence-corrected chi connectivity index (χ2v) is 11.1. The van der Waals surface area contributed by atoms with Gasteiger partial charge in [-0.15, -0.1) is 0 Å². The summed E-state index contributed by atoms with van der Waals surface area (Å²) in [6.07, 6.45) is 1.56. The molecule has 8 nitrogen and oxygen atoms in total. The third kappa shape index (κ3) is 8.55. The first-order chi connectivity index (χ1) is 16.9. The Morgan fingerprint density at radius 1 is 1.03 bits per heavy atom. The van der Waals surface area contributed by atoms with Crippen molar-refractivity contribution in [3.63, 3.8) is 0 Å². The van der Waals surface area contributed by atoms with Crippen molar-refractivity contribution in [2.45, 2.75) is 66.1 Å². The number of hydrogen-bond donors (Lipinski definition) is 1. The lowest BCUT2D eigenvalue weighted by atomic mass is 10.1. The fourth-order valence-electron chi connectivity index (χ4n) is 3.84. The normalized spacial score (nSPS) is 12.2. The predicted molar refractivity (Wildman–Crippen MR) is 144 cm³/mol. The van der Waals surface area contributed by atoms with E-state index in [0.29, 0.717) is 31.0 Å². The number of aryl methyl sites for hydroxylation is 1. The van der Waals surface area contributed by atoms with Crippen LogP contribution in [-0.4, -0.2) is 56.6 Å². The number of rotatable bonds is 13. The Bertz CT molecular complexity index is 1120. The molecule has 0 bridgehead atoms. The van der Waals surface area contributed by atoms with Gasteiger partial charge in [0, 0.05) is 25.6 Å². The van der Waals surface area contributed by atoms with Crippen molar-refractivity contribution in [2.75, 3.05) is 23.7 Å². The molecule has 0 unspecified atom stereocenters. The van der Waals surface area contributed by atoms with Crippen LogP contribution < -0.4 is 14.4 Å². The monoisotopic (exact) mass is 517 g/mol. The average Bonchev–Trinajstić information content (AvgIpc) is 2.80. The van der Waals surface area contributed by atoms with Crippen molar-refractivity contribution >= 4 is 27.5 Å². The molecule has 0 aromatic heterocycles. The summed E-state index contributed by atoms with van der Waals surface area (Å²) in [7, 11) is -3.56. The molecule has 0 spiro atoms. The molecular weight excluding hydrogens is 478 g/mol. The zero-order valence-corrected chi connectivity index (χ0v) is 23.0. The zero-order chi connectivity index (χ0) is 26.9. The largest absolute Gasteiger partial charge is 0.494 e. The highest BCUT2D eigenvalue weighted by Crippen LogP contribution is 2.23. The third-order valence-corrected chi connectivity index (χ3v) is 6.98. The number of anilines is 1. The topological polar surface area (TPSA) is 96.0 Å². The van der Waals surface area contributed by atoms with Crippen LogP contribution in [-0.2, 0) is 26.2 Å². The van der Waals surface area contributed by atoms with Crippen molar-refractivity contribution in [1.82, 2.24) is 10.2 Å². The lowest BCUT2D eigenvalue weighted by Crippen LogP contribution is -2.49. The van der Waals surface area contributed by atoms with E-state index in [1.165, 1.54) is 4.31 Å². The number of ether oxygens (including phenoxy) is 1. The standard InChI is InChI=1S/C27H39N3O5S/c1-7-35-25-16-14-24(15-17-25)30(36(6,33)34)18-10-13-26(31)29(22(5)27(32)28-20(2)3)19-23-12-9-8-11-21(23)4/h8-9,11-12,14-17,20,22H,7,10,13,18-19H2,1-6H3,(H,28,32)/t22-/m0/s1. The quantitative estimate of drug-likeness (QED) is 0.435. The van der Waals surface area contributed by atoms with Crippen LogP contribution in [0.3, 0.4) is 0 Å². The summed E-state index contributed by atoms with van der Waals surface area (Å²) in [5.74, 6) is 0.231. The van der Waals surface area contributed by atoms with Gasteiger partial charge in [-0.3, -0.25) is 13.9 Å². The predicted octanol–water partition coefficient (Wildman–Crippen LogP) is 3.88. The van der Waals surface area contributed by atoms with Crippen molar-refractivity contribution in [2.24, 2.45) is 0 Å². The van der Waals surface area contributed by atoms with Crippen LogP contribution >= 0.6 is 0 Å². The number of sulfonamides is 1. The molecular formula is C27H39N3O5S. The molecule has 0 fully saturated rings. The first kappa shape index (κ1) is 29.2. The fourth-order valence-corrected chi connectivity index (χ4v) is 4.80. The molecule has 2 amide bonds. The van der Waals surface area contributed by atoms with E-state index in [9.17, 15) is 18.0 Å². The average molecular weight is 518 g/mol. The molecule has 2 aromatic carbocycles. The molecule has 9 heteroatoms. The van der Waals surface area contributed by atoms with E-state index in [1.807, 2.05) is 52.0 Å². The Balaban J connectivity index is 2.16. The second-order valence-electron chi connectivity index (χ2n) is 9.15. The number of nitrogens with one attached hydrogen (secondary N) is 1. The zero-order valence-electron chi connectivity index (χ0n) is 22.2. The second kappa shape index (κ2) is 13.3. The molecule has 1 N–H and O–H groups in total. The molecule has 198 valence electrons. The van der Waals surface area contributed by atoms with Crippen molar-refractivity contribution in [3.8, 4) is 5.75 Å². The molecule has 2 aromatic rings. The number of benzene rings is 2. The van der Waals surface area contributed by atoms with Crippen LogP contribution in [0, 0.1) is 6.92 Å². The van der Waals surface area contributed by atoms with E-state index >= 15 is 0 Å². The van der Waals surface area contributed by atoms with Gasteiger partial charge in [0.2, 0.25) is 21.8 Å². The maximum Gasteiger partial charge on any atom is 0.242 e.